The molecule has 0 aliphatic carbocycles. The summed E-state index contributed by atoms with van der Waals surface area (Å²) in [6, 6.07) is 17.8. The molecule has 0 saturated carbocycles. The smallest absolute Gasteiger partial charge is 0.284 e. The third-order valence-electron chi connectivity index (χ3n) is 3.58. The van der Waals surface area contributed by atoms with Gasteiger partial charge in [0, 0.05) is 11.1 Å². The lowest BCUT2D eigenvalue weighted by Crippen LogP contribution is -2.55. The van der Waals surface area contributed by atoms with E-state index >= 15 is 0 Å². The van der Waals surface area contributed by atoms with Crippen LogP contribution in [0.4, 0.5) is 0 Å². The summed E-state index contributed by atoms with van der Waals surface area (Å²) in [6.07, 6.45) is 0. The largest absolute Gasteiger partial charge is 0.289 e. The molecule has 5 nitrogen and oxygen atoms in total. The number of nitrogens with zero attached hydrogens (tertiary/aromatic N) is 2. The normalized spacial score (nSPS) is 11.8. The highest BCUT2D eigenvalue weighted by atomic mass is 32.2. The Kier molecular flexibility index (Phi) is 6.91. The molecule has 0 unspecified atom stereocenters. The maximum Gasteiger partial charge on any atom is 0.284 e. The Balaban J connectivity index is 2.48. The van der Waals surface area contributed by atoms with E-state index in [0.29, 0.717) is 11.1 Å². The van der Waals surface area contributed by atoms with Crippen molar-refractivity contribution < 1.29 is 13.8 Å². The zero-order chi connectivity index (χ0) is 20.9. The van der Waals surface area contributed by atoms with Gasteiger partial charge in [-0.1, -0.05) is 36.4 Å². The molecule has 28 heavy (non-hydrogen) atoms. The predicted octanol–water partition coefficient (Wildman–Crippen LogP) is 5.36. The molecule has 0 aliphatic heterocycles. The van der Waals surface area contributed by atoms with E-state index in [1.54, 1.807) is 48.5 Å². The van der Waals surface area contributed by atoms with Crippen LogP contribution in [0, 0.1) is 0 Å². The van der Waals surface area contributed by atoms with E-state index in [-0.39, 0.29) is 11.8 Å². The minimum absolute atomic E-state index is 0.276. The van der Waals surface area contributed by atoms with Crippen molar-refractivity contribution in [2.45, 2.75) is 52.7 Å². The van der Waals surface area contributed by atoms with Gasteiger partial charge in [0.2, 0.25) is 0 Å². The average molecular weight is 401 g/mol. The van der Waals surface area contributed by atoms with Gasteiger partial charge in [0.25, 0.3) is 11.8 Å². The van der Waals surface area contributed by atoms with E-state index in [2.05, 4.69) is 0 Å². The summed E-state index contributed by atoms with van der Waals surface area (Å²) in [5.41, 5.74) is -0.188. The van der Waals surface area contributed by atoms with Crippen LogP contribution in [0.1, 0.15) is 62.3 Å². The van der Waals surface area contributed by atoms with Crippen LogP contribution < -0.4 is 0 Å². The Hall–Kier alpha value is -2.31. The molecular weight excluding hydrogens is 372 g/mol. The highest BCUT2D eigenvalue weighted by Gasteiger charge is 2.38. The molecule has 0 N–H and O–H groups in total. The first-order valence-electron chi connectivity index (χ1n) is 9.15. The third-order valence-corrected chi connectivity index (χ3v) is 4.63. The molecular formula is C22H28N2O3S. The molecule has 2 aromatic carbocycles. The van der Waals surface area contributed by atoms with Gasteiger partial charge in [0.15, 0.2) is 0 Å². The maximum atomic E-state index is 13.4. The fourth-order valence-corrected chi connectivity index (χ4v) is 3.21. The first-order valence-corrected chi connectivity index (χ1v) is 9.85. The Bertz CT molecular complexity index is 796. The molecule has 0 fully saturated rings. The molecule has 0 saturated heterocycles. The van der Waals surface area contributed by atoms with Gasteiger partial charge < -0.3 is 0 Å². The number of amides is 2. The van der Waals surface area contributed by atoms with Gasteiger partial charge in [-0.15, -0.1) is 0 Å². The number of carbonyl (C=O) groups excluding carboxylic acids is 2. The van der Waals surface area contributed by atoms with Crippen molar-refractivity contribution in [1.29, 1.82) is 0 Å². The fourth-order valence-electron chi connectivity index (χ4n) is 2.36. The monoisotopic (exact) mass is 400 g/mol. The fraction of sp³-hybridized carbons (Fsp3) is 0.364. The Morgan fingerprint density at radius 3 is 1.57 bits per heavy atom. The van der Waals surface area contributed by atoms with Gasteiger partial charge in [-0.3, -0.25) is 13.8 Å². The van der Waals surface area contributed by atoms with Crippen LogP contribution in [0.15, 0.2) is 60.7 Å². The van der Waals surface area contributed by atoms with E-state index in [4.69, 9.17) is 4.18 Å². The van der Waals surface area contributed by atoms with Gasteiger partial charge in [0.05, 0.1) is 11.1 Å². The van der Waals surface area contributed by atoms with Gasteiger partial charge in [-0.2, -0.15) is 4.41 Å². The number of rotatable bonds is 4. The van der Waals surface area contributed by atoms with E-state index in [1.165, 1.54) is 9.42 Å². The molecule has 0 radical (unpaired) electrons. The van der Waals surface area contributed by atoms with Crippen LogP contribution in [0.2, 0.25) is 0 Å². The van der Waals surface area contributed by atoms with Crippen molar-refractivity contribution in [2.24, 2.45) is 0 Å². The SMILES string of the molecule is CC(C)(C)OSN(C(=O)c1ccccc1)N(C(=O)c1ccccc1)C(C)(C)C. The Morgan fingerprint density at radius 1 is 0.750 bits per heavy atom. The summed E-state index contributed by atoms with van der Waals surface area (Å²) in [5.74, 6) is -0.601. The summed E-state index contributed by atoms with van der Waals surface area (Å²) in [7, 11) is 0. The lowest BCUT2D eigenvalue weighted by atomic mass is 10.1. The lowest BCUT2D eigenvalue weighted by molar-refractivity contribution is -0.00577. The first kappa shape index (κ1) is 22.0. The summed E-state index contributed by atoms with van der Waals surface area (Å²) >= 11 is 0.878. The van der Waals surface area contributed by atoms with Gasteiger partial charge >= 0.3 is 0 Å². The summed E-state index contributed by atoms with van der Waals surface area (Å²) in [4.78, 5) is 26.7. The lowest BCUT2D eigenvalue weighted by Gasteiger charge is -2.42. The van der Waals surface area contributed by atoms with Crippen LogP contribution in [0.5, 0.6) is 0 Å². The molecule has 2 amide bonds. The van der Waals surface area contributed by atoms with E-state index in [0.717, 1.165) is 12.2 Å². The van der Waals surface area contributed by atoms with Crippen LogP contribution in [0.25, 0.3) is 0 Å². The van der Waals surface area contributed by atoms with Gasteiger partial charge in [-0.25, -0.2) is 5.01 Å². The Morgan fingerprint density at radius 2 is 1.18 bits per heavy atom. The van der Waals surface area contributed by atoms with Crippen molar-refractivity contribution in [3.63, 3.8) is 0 Å². The minimum Gasteiger partial charge on any atom is -0.289 e. The average Bonchev–Trinajstić information content (AvgIpc) is 2.63. The van der Waals surface area contributed by atoms with Crippen LogP contribution in [-0.2, 0) is 4.18 Å². The molecule has 0 bridgehead atoms. The third kappa shape index (κ3) is 5.84. The van der Waals surface area contributed by atoms with Gasteiger partial charge in [-0.05, 0) is 65.8 Å². The second kappa shape index (κ2) is 8.80. The van der Waals surface area contributed by atoms with Crippen molar-refractivity contribution in [3.8, 4) is 0 Å². The minimum atomic E-state index is -0.661. The van der Waals surface area contributed by atoms with Crippen molar-refractivity contribution in [1.82, 2.24) is 9.42 Å². The number of benzene rings is 2. The Labute approximate surface area is 172 Å². The number of hydrazine groups is 1. The van der Waals surface area contributed by atoms with Gasteiger partial charge in [0.1, 0.15) is 12.2 Å². The number of hydrogen-bond acceptors (Lipinski definition) is 4. The van der Waals surface area contributed by atoms with Crippen molar-refractivity contribution in [3.05, 3.63) is 71.8 Å². The zero-order valence-electron chi connectivity index (χ0n) is 17.3. The van der Waals surface area contributed by atoms with E-state index < -0.39 is 11.1 Å². The molecule has 150 valence electrons. The van der Waals surface area contributed by atoms with Crippen LogP contribution in [0.3, 0.4) is 0 Å². The van der Waals surface area contributed by atoms with Crippen molar-refractivity contribution in [2.75, 3.05) is 0 Å². The topological polar surface area (TPSA) is 49.9 Å². The number of hydrogen-bond donors (Lipinski definition) is 0. The summed E-state index contributed by atoms with van der Waals surface area (Å²) in [5, 5.41) is 1.45. The van der Waals surface area contributed by atoms with Crippen molar-refractivity contribution >= 4 is 24.0 Å². The second-order valence-corrected chi connectivity index (χ2v) is 9.03. The summed E-state index contributed by atoms with van der Waals surface area (Å²) < 4.78 is 7.14. The van der Waals surface area contributed by atoms with E-state index in [9.17, 15) is 9.59 Å². The predicted molar refractivity (Wildman–Crippen MR) is 113 cm³/mol. The molecule has 0 heterocycles. The van der Waals surface area contributed by atoms with Crippen LogP contribution in [-0.4, -0.2) is 32.4 Å². The first-order chi connectivity index (χ1) is 13.0. The molecule has 2 rings (SSSR count). The molecule has 0 aliphatic rings. The highest BCUT2D eigenvalue weighted by Crippen LogP contribution is 2.31. The zero-order valence-corrected chi connectivity index (χ0v) is 18.1. The molecule has 0 aromatic heterocycles. The van der Waals surface area contributed by atoms with Crippen LogP contribution >= 0.6 is 12.2 Å². The molecule has 0 spiro atoms. The second-order valence-electron chi connectivity index (χ2n) is 8.37. The quantitative estimate of drug-likeness (QED) is 0.394. The summed E-state index contributed by atoms with van der Waals surface area (Å²) in [6.45, 7) is 11.3. The maximum absolute atomic E-state index is 13.4. The molecule has 6 heteroatoms. The standard InChI is InChI=1S/C22H28N2O3S/c1-21(2,3)23(19(25)17-13-9-7-10-14-17)24(28-27-22(4,5)6)20(26)18-15-11-8-12-16-18/h7-16H,1-6H3. The molecule has 2 aromatic rings. The van der Waals surface area contributed by atoms with E-state index in [1.807, 2.05) is 53.7 Å². The number of carbonyl (C=O) groups is 2. The molecule has 0 atom stereocenters. The highest BCUT2D eigenvalue weighted by molar-refractivity contribution is 7.92.